The van der Waals surface area contributed by atoms with Gasteiger partial charge in [0.15, 0.2) is 0 Å². The molecular weight excluding hydrogens is 150 g/mol. The van der Waals surface area contributed by atoms with Crippen molar-refractivity contribution in [3.8, 4) is 0 Å². The molecule has 1 rings (SSSR count). The Morgan fingerprint density at radius 2 is 1.42 bits per heavy atom. The van der Waals surface area contributed by atoms with Crippen LogP contribution in [0, 0.1) is 0 Å². The van der Waals surface area contributed by atoms with E-state index in [4.69, 9.17) is 0 Å². The number of rotatable bonds is 2. The van der Waals surface area contributed by atoms with Gasteiger partial charge in [0.2, 0.25) is 0 Å². The van der Waals surface area contributed by atoms with E-state index < -0.39 is 0 Å². The predicted molar refractivity (Wildman–Crippen MR) is 50.4 cm³/mol. The lowest BCUT2D eigenvalue weighted by molar-refractivity contribution is 0.650. The Kier molecular flexibility index (Phi) is 2.13. The molecule has 0 saturated carbocycles. The van der Waals surface area contributed by atoms with Crippen molar-refractivity contribution in [3.63, 3.8) is 0 Å². The minimum absolute atomic E-state index is 0.838. The van der Waals surface area contributed by atoms with E-state index in [1.165, 1.54) is 4.80 Å². The van der Waals surface area contributed by atoms with Crippen LogP contribution in [0.3, 0.4) is 0 Å². The summed E-state index contributed by atoms with van der Waals surface area (Å²) in [7, 11) is 1.79. The molecule has 0 saturated heterocycles. The largest absolute Gasteiger partial charge is 0.187 e. The van der Waals surface area contributed by atoms with Gasteiger partial charge in [0.05, 0.1) is 0 Å². The second kappa shape index (κ2) is 2.93. The maximum absolute atomic E-state index is 4.18. The van der Waals surface area contributed by atoms with Gasteiger partial charge in [-0.05, 0) is 25.0 Å². The predicted octanol–water partition coefficient (Wildman–Crippen LogP) is 1.88. The van der Waals surface area contributed by atoms with Gasteiger partial charge < -0.3 is 0 Å². The van der Waals surface area contributed by atoms with E-state index in [1.807, 2.05) is 13.8 Å². The lowest BCUT2D eigenvalue weighted by atomic mass is 10.1. The van der Waals surface area contributed by atoms with Gasteiger partial charge in [-0.1, -0.05) is 13.2 Å². The topological polar surface area (TPSA) is 30.7 Å². The van der Waals surface area contributed by atoms with Crippen LogP contribution < -0.4 is 0 Å². The molecule has 1 aromatic heterocycles. The Morgan fingerprint density at radius 1 is 1.08 bits per heavy atom. The van der Waals surface area contributed by atoms with Gasteiger partial charge in [0, 0.05) is 7.05 Å². The van der Waals surface area contributed by atoms with Crippen molar-refractivity contribution in [2.24, 2.45) is 7.05 Å². The molecule has 0 bridgehead atoms. The van der Waals surface area contributed by atoms with Crippen LogP contribution in [0.25, 0.3) is 11.1 Å². The first-order valence-corrected chi connectivity index (χ1v) is 3.75. The van der Waals surface area contributed by atoms with Gasteiger partial charge >= 0.3 is 0 Å². The van der Waals surface area contributed by atoms with Crippen molar-refractivity contribution < 1.29 is 0 Å². The number of hydrogen-bond donors (Lipinski definition) is 0. The maximum atomic E-state index is 4.18. The van der Waals surface area contributed by atoms with E-state index in [2.05, 4.69) is 23.4 Å². The Balaban J connectivity index is 3.26. The summed E-state index contributed by atoms with van der Waals surface area (Å²) in [5.41, 5.74) is 3.51. The highest BCUT2D eigenvalue weighted by atomic mass is 15.5. The molecule has 0 atom stereocenters. The summed E-state index contributed by atoms with van der Waals surface area (Å²) in [4.78, 5) is 1.54. The number of allylic oxidation sites excluding steroid dienone is 2. The van der Waals surface area contributed by atoms with Crippen molar-refractivity contribution in [1.29, 1.82) is 0 Å². The van der Waals surface area contributed by atoms with Crippen LogP contribution >= 0.6 is 0 Å². The zero-order valence-corrected chi connectivity index (χ0v) is 7.76. The summed E-state index contributed by atoms with van der Waals surface area (Å²) in [5, 5.41) is 8.35. The first-order valence-electron chi connectivity index (χ1n) is 3.75. The minimum atomic E-state index is 0.838. The third-order valence-corrected chi connectivity index (χ3v) is 1.52. The highest BCUT2D eigenvalue weighted by Crippen LogP contribution is 2.18. The minimum Gasteiger partial charge on any atom is -0.187 e. The Bertz CT molecular complexity index is 302. The molecule has 0 aliphatic rings. The van der Waals surface area contributed by atoms with Crippen LogP contribution in [-0.2, 0) is 7.05 Å². The normalized spacial score (nSPS) is 9.92. The van der Waals surface area contributed by atoms with E-state index >= 15 is 0 Å². The van der Waals surface area contributed by atoms with Gasteiger partial charge in [0.25, 0.3) is 0 Å². The second-order valence-electron chi connectivity index (χ2n) is 2.95. The van der Waals surface area contributed by atoms with Crippen LogP contribution in [0.2, 0.25) is 0 Å². The van der Waals surface area contributed by atoms with Crippen LogP contribution in [0.15, 0.2) is 13.2 Å². The average molecular weight is 163 g/mol. The molecule has 1 aromatic rings. The lowest BCUT2D eigenvalue weighted by Crippen LogP contribution is -1.92. The van der Waals surface area contributed by atoms with Gasteiger partial charge in [-0.3, -0.25) is 0 Å². The summed E-state index contributed by atoms with van der Waals surface area (Å²) in [5.74, 6) is 0. The molecule has 0 aromatic carbocycles. The Hall–Kier alpha value is -1.38. The molecule has 3 heteroatoms. The SMILES string of the molecule is C=C(C)c1nn(C)nc1C(=C)C. The third kappa shape index (κ3) is 1.44. The highest BCUT2D eigenvalue weighted by Gasteiger charge is 2.09. The first-order chi connectivity index (χ1) is 5.52. The summed E-state index contributed by atoms with van der Waals surface area (Å²) < 4.78 is 0. The van der Waals surface area contributed by atoms with Crippen LogP contribution in [0.1, 0.15) is 25.2 Å². The van der Waals surface area contributed by atoms with Gasteiger partial charge in [-0.25, -0.2) is 0 Å². The fourth-order valence-corrected chi connectivity index (χ4v) is 0.981. The van der Waals surface area contributed by atoms with Crippen LogP contribution in [-0.4, -0.2) is 15.0 Å². The average Bonchev–Trinajstić information content (AvgIpc) is 2.31. The molecule has 0 N–H and O–H groups in total. The maximum Gasteiger partial charge on any atom is 0.115 e. The molecule has 12 heavy (non-hydrogen) atoms. The second-order valence-corrected chi connectivity index (χ2v) is 2.95. The smallest absolute Gasteiger partial charge is 0.115 e. The van der Waals surface area contributed by atoms with Crippen molar-refractivity contribution in [2.75, 3.05) is 0 Å². The molecule has 0 radical (unpaired) electrons. The van der Waals surface area contributed by atoms with Gasteiger partial charge in [-0.2, -0.15) is 15.0 Å². The Labute approximate surface area is 72.4 Å². The van der Waals surface area contributed by atoms with Crippen molar-refractivity contribution in [1.82, 2.24) is 15.0 Å². The molecule has 0 spiro atoms. The monoisotopic (exact) mass is 163 g/mol. The van der Waals surface area contributed by atoms with E-state index in [1.54, 1.807) is 7.05 Å². The first kappa shape index (κ1) is 8.71. The van der Waals surface area contributed by atoms with Crippen molar-refractivity contribution in [2.45, 2.75) is 13.8 Å². The molecule has 64 valence electrons. The van der Waals surface area contributed by atoms with Crippen LogP contribution in [0.5, 0.6) is 0 Å². The molecule has 0 fully saturated rings. The molecular formula is C9H13N3. The van der Waals surface area contributed by atoms with Crippen molar-refractivity contribution in [3.05, 3.63) is 24.5 Å². The van der Waals surface area contributed by atoms with Gasteiger partial charge in [0.1, 0.15) is 11.4 Å². The standard InChI is InChI=1S/C9H13N3/c1-6(2)8-9(7(3)4)11-12(5)10-8/h1,3H2,2,4-5H3. The fourth-order valence-electron chi connectivity index (χ4n) is 0.981. The van der Waals surface area contributed by atoms with Crippen molar-refractivity contribution >= 4 is 11.1 Å². The zero-order valence-electron chi connectivity index (χ0n) is 7.76. The molecule has 0 unspecified atom stereocenters. The van der Waals surface area contributed by atoms with E-state index in [-0.39, 0.29) is 0 Å². The summed E-state index contributed by atoms with van der Waals surface area (Å²) in [6, 6.07) is 0. The molecule has 0 amide bonds. The lowest BCUT2D eigenvalue weighted by Gasteiger charge is -1.95. The zero-order chi connectivity index (χ0) is 9.30. The molecule has 0 aliphatic heterocycles. The van der Waals surface area contributed by atoms with Gasteiger partial charge in [-0.15, -0.1) is 0 Å². The van der Waals surface area contributed by atoms with Crippen LogP contribution in [0.4, 0.5) is 0 Å². The number of hydrogen-bond acceptors (Lipinski definition) is 2. The molecule has 0 aliphatic carbocycles. The third-order valence-electron chi connectivity index (χ3n) is 1.52. The molecule has 1 heterocycles. The number of aryl methyl sites for hydroxylation is 1. The quantitative estimate of drug-likeness (QED) is 0.666. The fraction of sp³-hybridized carbons (Fsp3) is 0.333. The number of nitrogens with zero attached hydrogens (tertiary/aromatic N) is 3. The summed E-state index contributed by atoms with van der Waals surface area (Å²) >= 11 is 0. The van der Waals surface area contributed by atoms with E-state index in [0.717, 1.165) is 22.5 Å². The van der Waals surface area contributed by atoms with E-state index in [9.17, 15) is 0 Å². The van der Waals surface area contributed by atoms with E-state index in [0.29, 0.717) is 0 Å². The highest BCUT2D eigenvalue weighted by molar-refractivity contribution is 5.71. The Morgan fingerprint density at radius 3 is 1.67 bits per heavy atom. The summed E-state index contributed by atoms with van der Waals surface area (Å²) in [6.07, 6.45) is 0. The molecule has 3 nitrogen and oxygen atoms in total. The number of aromatic nitrogens is 3. The summed E-state index contributed by atoms with van der Waals surface area (Å²) in [6.45, 7) is 11.5.